The third kappa shape index (κ3) is 6.73. The van der Waals surface area contributed by atoms with Crippen LogP contribution in [0.1, 0.15) is 58.2 Å². The number of benzene rings is 4. The molecule has 0 bridgehead atoms. The van der Waals surface area contributed by atoms with Gasteiger partial charge in [0.25, 0.3) is 0 Å². The van der Waals surface area contributed by atoms with E-state index in [1.807, 2.05) is 79.1 Å². The van der Waals surface area contributed by atoms with Crippen LogP contribution in [-0.4, -0.2) is 21.8 Å². The highest BCUT2D eigenvalue weighted by atomic mass is 16.5. The zero-order valence-corrected chi connectivity index (χ0v) is 25.0. The molecule has 2 aromatic heterocycles. The average molecular weight is 580 g/mol. The van der Waals surface area contributed by atoms with E-state index in [0.717, 1.165) is 34.5 Å². The average Bonchev–Trinajstić information content (AvgIpc) is 3.51. The fourth-order valence-electron chi connectivity index (χ4n) is 5.97. The van der Waals surface area contributed by atoms with E-state index < -0.39 is 0 Å². The normalized spacial score (nSPS) is 11.9. The number of amides is 1. The maximum Gasteiger partial charge on any atom is 0.221 e. The Hall–Kier alpha value is -5.16. The van der Waals surface area contributed by atoms with Crippen LogP contribution < -0.4 is 10.1 Å². The van der Waals surface area contributed by atoms with Gasteiger partial charge in [-0.05, 0) is 53.3 Å². The van der Waals surface area contributed by atoms with E-state index in [2.05, 4.69) is 77.3 Å². The fourth-order valence-corrected chi connectivity index (χ4v) is 5.97. The second-order valence-electron chi connectivity index (χ2n) is 11.1. The number of ether oxygens (including phenoxy) is 1. The number of fused-ring (bicyclic) bond motifs is 1. The molecule has 220 valence electrons. The monoisotopic (exact) mass is 579 g/mol. The first-order valence-electron chi connectivity index (χ1n) is 15.2. The zero-order valence-electron chi connectivity index (χ0n) is 25.0. The van der Waals surface area contributed by atoms with Crippen molar-refractivity contribution in [2.45, 2.75) is 38.2 Å². The van der Waals surface area contributed by atoms with Gasteiger partial charge in [-0.1, -0.05) is 115 Å². The van der Waals surface area contributed by atoms with E-state index in [0.29, 0.717) is 25.3 Å². The molecule has 6 aromatic rings. The molecular formula is C39H37N3O2. The van der Waals surface area contributed by atoms with Crippen LogP contribution in [0.2, 0.25) is 0 Å². The number of nitrogens with zero attached hydrogens (tertiary/aromatic N) is 2. The van der Waals surface area contributed by atoms with Crippen LogP contribution in [-0.2, 0) is 11.4 Å². The van der Waals surface area contributed by atoms with E-state index in [1.54, 1.807) is 0 Å². The molecular weight excluding hydrogens is 542 g/mol. The van der Waals surface area contributed by atoms with E-state index in [4.69, 9.17) is 9.72 Å². The van der Waals surface area contributed by atoms with Gasteiger partial charge in [-0.3, -0.25) is 4.79 Å². The van der Waals surface area contributed by atoms with Gasteiger partial charge in [0.2, 0.25) is 5.91 Å². The van der Waals surface area contributed by atoms with Crippen LogP contribution in [0.3, 0.4) is 0 Å². The molecule has 0 spiro atoms. The maximum atomic E-state index is 13.6. The Bertz CT molecular complexity index is 1760. The summed E-state index contributed by atoms with van der Waals surface area (Å²) in [5.74, 6) is 0.764. The standard InChI is InChI=1S/C39H37N3O2/c1-29-14-11-12-21-33(29)35(36-27-41-39-37(22-13-25-42(36)39)44-28-30-15-5-2-6-16-30)26-38(43)40-24-23-34(31-17-7-3-8-18-31)32-19-9-4-10-20-32/h2-22,25,27,34-35H,23-24,26,28H2,1H3,(H,40,43). The van der Waals surface area contributed by atoms with Gasteiger partial charge >= 0.3 is 0 Å². The summed E-state index contributed by atoms with van der Waals surface area (Å²) in [7, 11) is 0. The fraction of sp³-hybridized carbons (Fsp3) is 0.179. The number of carbonyl (C=O) groups excluding carboxylic acids is 1. The minimum absolute atomic E-state index is 0.0181. The quantitative estimate of drug-likeness (QED) is 0.159. The predicted octanol–water partition coefficient (Wildman–Crippen LogP) is 8.08. The molecule has 0 fully saturated rings. The number of rotatable bonds is 12. The van der Waals surface area contributed by atoms with Crippen molar-refractivity contribution in [3.63, 3.8) is 0 Å². The Kier molecular flexibility index (Phi) is 9.12. The molecule has 5 heteroatoms. The summed E-state index contributed by atoms with van der Waals surface area (Å²) in [6.07, 6.45) is 5.01. The number of hydrogen-bond donors (Lipinski definition) is 1. The molecule has 0 aliphatic rings. The molecule has 44 heavy (non-hydrogen) atoms. The lowest BCUT2D eigenvalue weighted by atomic mass is 9.88. The lowest BCUT2D eigenvalue weighted by Crippen LogP contribution is -2.28. The Morgan fingerprint density at radius 1 is 0.773 bits per heavy atom. The largest absolute Gasteiger partial charge is 0.485 e. The molecule has 1 N–H and O–H groups in total. The molecule has 1 amide bonds. The number of nitrogens with one attached hydrogen (secondary N) is 1. The predicted molar refractivity (Wildman–Crippen MR) is 176 cm³/mol. The number of aryl methyl sites for hydroxylation is 1. The van der Waals surface area contributed by atoms with Gasteiger partial charge in [-0.15, -0.1) is 0 Å². The molecule has 0 aliphatic carbocycles. The van der Waals surface area contributed by atoms with Crippen LogP contribution in [0.15, 0.2) is 140 Å². The minimum Gasteiger partial charge on any atom is -0.485 e. The van der Waals surface area contributed by atoms with E-state index in [-0.39, 0.29) is 17.7 Å². The molecule has 1 atom stereocenters. The molecule has 0 saturated heterocycles. The summed E-state index contributed by atoms with van der Waals surface area (Å²) in [6, 6.07) is 43.3. The van der Waals surface area contributed by atoms with Crippen LogP contribution in [0.25, 0.3) is 5.65 Å². The maximum absolute atomic E-state index is 13.6. The molecule has 1 unspecified atom stereocenters. The number of imidazole rings is 1. The van der Waals surface area contributed by atoms with Gasteiger partial charge in [-0.2, -0.15) is 0 Å². The van der Waals surface area contributed by atoms with Gasteiger partial charge in [0.1, 0.15) is 6.61 Å². The highest BCUT2D eigenvalue weighted by Crippen LogP contribution is 2.33. The highest BCUT2D eigenvalue weighted by Gasteiger charge is 2.24. The van der Waals surface area contributed by atoms with Crippen LogP contribution >= 0.6 is 0 Å². The molecule has 2 heterocycles. The summed E-state index contributed by atoms with van der Waals surface area (Å²) in [5, 5.41) is 3.24. The SMILES string of the molecule is Cc1ccccc1C(CC(=O)NCCC(c1ccccc1)c1ccccc1)c1cnc2c(OCc3ccccc3)cccn12. The Labute approximate surface area is 259 Å². The van der Waals surface area contributed by atoms with Crippen LogP contribution in [0.4, 0.5) is 0 Å². The summed E-state index contributed by atoms with van der Waals surface area (Å²) in [6.45, 7) is 3.14. The van der Waals surface area contributed by atoms with Gasteiger partial charge in [-0.25, -0.2) is 4.98 Å². The van der Waals surface area contributed by atoms with E-state index >= 15 is 0 Å². The number of pyridine rings is 1. The van der Waals surface area contributed by atoms with Gasteiger partial charge in [0.05, 0.1) is 5.69 Å². The highest BCUT2D eigenvalue weighted by molar-refractivity contribution is 5.77. The molecule has 6 rings (SSSR count). The second kappa shape index (κ2) is 13.9. The van der Waals surface area contributed by atoms with E-state index in [1.165, 1.54) is 11.1 Å². The minimum atomic E-state index is -0.172. The molecule has 0 aliphatic heterocycles. The van der Waals surface area contributed by atoms with Crippen molar-refractivity contribution in [3.05, 3.63) is 173 Å². The van der Waals surface area contributed by atoms with Gasteiger partial charge in [0, 0.05) is 37.2 Å². The third-order valence-corrected chi connectivity index (χ3v) is 8.24. The molecule has 4 aromatic carbocycles. The number of carbonyl (C=O) groups is 1. The van der Waals surface area contributed by atoms with Gasteiger partial charge < -0.3 is 14.5 Å². The van der Waals surface area contributed by atoms with Crippen molar-refractivity contribution in [1.82, 2.24) is 14.7 Å². The van der Waals surface area contributed by atoms with Crippen molar-refractivity contribution in [2.24, 2.45) is 0 Å². The lowest BCUT2D eigenvalue weighted by Gasteiger charge is -2.21. The summed E-state index contributed by atoms with van der Waals surface area (Å²) in [5.41, 5.74) is 7.56. The molecule has 5 nitrogen and oxygen atoms in total. The third-order valence-electron chi connectivity index (χ3n) is 8.24. The smallest absolute Gasteiger partial charge is 0.221 e. The Balaban J connectivity index is 1.21. The first kappa shape index (κ1) is 28.9. The van der Waals surface area contributed by atoms with Gasteiger partial charge in [0.15, 0.2) is 11.4 Å². The topological polar surface area (TPSA) is 55.6 Å². The van der Waals surface area contributed by atoms with Crippen molar-refractivity contribution in [3.8, 4) is 5.75 Å². The van der Waals surface area contributed by atoms with E-state index in [9.17, 15) is 4.79 Å². The second-order valence-corrected chi connectivity index (χ2v) is 11.1. The summed E-state index contributed by atoms with van der Waals surface area (Å²) in [4.78, 5) is 18.4. The van der Waals surface area contributed by atoms with Crippen LogP contribution in [0, 0.1) is 6.92 Å². The first-order chi connectivity index (χ1) is 21.7. The molecule has 0 radical (unpaired) electrons. The van der Waals surface area contributed by atoms with Crippen LogP contribution in [0.5, 0.6) is 5.75 Å². The van der Waals surface area contributed by atoms with Crippen molar-refractivity contribution in [2.75, 3.05) is 6.54 Å². The summed E-state index contributed by atoms with van der Waals surface area (Å²) < 4.78 is 8.26. The molecule has 0 saturated carbocycles. The summed E-state index contributed by atoms with van der Waals surface area (Å²) >= 11 is 0. The van der Waals surface area contributed by atoms with Crippen molar-refractivity contribution < 1.29 is 9.53 Å². The first-order valence-corrected chi connectivity index (χ1v) is 15.2. The lowest BCUT2D eigenvalue weighted by molar-refractivity contribution is -0.121. The Morgan fingerprint density at radius 3 is 2.09 bits per heavy atom. The Morgan fingerprint density at radius 2 is 1.41 bits per heavy atom. The van der Waals surface area contributed by atoms with Crippen molar-refractivity contribution in [1.29, 1.82) is 0 Å². The van der Waals surface area contributed by atoms with Crippen molar-refractivity contribution >= 4 is 11.6 Å². The number of hydrogen-bond acceptors (Lipinski definition) is 3. The zero-order chi connectivity index (χ0) is 30.1. The number of aromatic nitrogens is 2.